The molecule has 16 heavy (non-hydrogen) atoms. The molecule has 0 saturated heterocycles. The van der Waals surface area contributed by atoms with Crippen LogP contribution >= 0.6 is 0 Å². The van der Waals surface area contributed by atoms with E-state index in [9.17, 15) is 19.8 Å². The minimum atomic E-state index is -1.33. The van der Waals surface area contributed by atoms with Gasteiger partial charge in [-0.05, 0) is 0 Å². The molecule has 2 N–H and O–H groups in total. The number of carbonyl (C=O) groups excluding carboxylic acids is 2. The molecule has 0 aromatic heterocycles. The van der Waals surface area contributed by atoms with Crippen LogP contribution in [0.3, 0.4) is 0 Å². The Balaban J connectivity index is 2.65. The van der Waals surface area contributed by atoms with Gasteiger partial charge in [-0.15, -0.1) is 0 Å². The number of aliphatic hydroxyl groups excluding tert-OH is 2. The largest absolute Gasteiger partial charge is 0.505 e. The fourth-order valence-corrected chi connectivity index (χ4v) is 1.20. The maximum Gasteiger partial charge on any atom is 0.378 e. The van der Waals surface area contributed by atoms with Crippen molar-refractivity contribution in [3.05, 3.63) is 11.5 Å². The van der Waals surface area contributed by atoms with Crippen LogP contribution in [0.15, 0.2) is 11.5 Å². The maximum absolute atomic E-state index is 11.1. The Bertz CT molecular complexity index is 333. The second kappa shape index (κ2) is 4.84. The zero-order valence-electron chi connectivity index (χ0n) is 8.80. The first kappa shape index (κ1) is 12.3. The fraction of sp³-hybridized carbons (Fsp3) is 0.556. The molecule has 0 amide bonds. The third kappa shape index (κ3) is 2.43. The summed E-state index contributed by atoms with van der Waals surface area (Å²) in [6.45, 7) is 0.790. The molecule has 1 rings (SSSR count). The van der Waals surface area contributed by atoms with Gasteiger partial charge in [0.15, 0.2) is 11.9 Å². The predicted octanol–water partition coefficient (Wildman–Crippen LogP) is -0.748. The molecule has 7 heteroatoms. The van der Waals surface area contributed by atoms with Gasteiger partial charge in [0.05, 0.1) is 7.11 Å². The molecular weight excluding hydrogens is 220 g/mol. The highest BCUT2D eigenvalue weighted by Crippen LogP contribution is 2.23. The fourth-order valence-electron chi connectivity index (χ4n) is 1.20. The van der Waals surface area contributed by atoms with Crippen molar-refractivity contribution in [1.29, 1.82) is 0 Å². The first-order chi connectivity index (χ1) is 7.47. The summed E-state index contributed by atoms with van der Waals surface area (Å²) in [7, 11) is 1.19. The Morgan fingerprint density at radius 3 is 2.69 bits per heavy atom. The minimum absolute atomic E-state index is 0.355. The van der Waals surface area contributed by atoms with Gasteiger partial charge in [0.25, 0.3) is 0 Å². The molecular formula is C9H12O7. The number of esters is 2. The van der Waals surface area contributed by atoms with Gasteiger partial charge in [0.2, 0.25) is 5.76 Å². The van der Waals surface area contributed by atoms with Crippen molar-refractivity contribution < 1.29 is 34.0 Å². The highest BCUT2D eigenvalue weighted by Gasteiger charge is 2.40. The van der Waals surface area contributed by atoms with Gasteiger partial charge < -0.3 is 24.4 Å². The van der Waals surface area contributed by atoms with Crippen LogP contribution in [0.5, 0.6) is 0 Å². The molecule has 1 aliphatic heterocycles. The average molecular weight is 232 g/mol. The third-order valence-corrected chi connectivity index (χ3v) is 1.93. The lowest BCUT2D eigenvalue weighted by Crippen LogP contribution is -2.33. The van der Waals surface area contributed by atoms with Crippen LogP contribution in [-0.2, 0) is 23.8 Å². The molecule has 0 bridgehead atoms. The number of carbonyl (C=O) groups is 2. The molecule has 0 spiro atoms. The number of methoxy groups -OCH3 is 1. The number of hydrogen-bond acceptors (Lipinski definition) is 7. The normalized spacial score (nSPS) is 21.7. The molecule has 90 valence electrons. The Morgan fingerprint density at radius 2 is 2.25 bits per heavy atom. The van der Waals surface area contributed by atoms with Crippen LogP contribution in [0.2, 0.25) is 0 Å². The highest BCUT2D eigenvalue weighted by atomic mass is 16.6. The van der Waals surface area contributed by atoms with E-state index in [1.54, 1.807) is 0 Å². The first-order valence-electron chi connectivity index (χ1n) is 4.47. The number of hydrogen-bond donors (Lipinski definition) is 2. The number of ether oxygens (including phenoxy) is 3. The van der Waals surface area contributed by atoms with Crippen molar-refractivity contribution in [3.63, 3.8) is 0 Å². The summed E-state index contributed by atoms with van der Waals surface area (Å²) >= 11 is 0. The smallest absolute Gasteiger partial charge is 0.378 e. The van der Waals surface area contributed by atoms with Crippen LogP contribution in [0.1, 0.15) is 6.92 Å². The minimum Gasteiger partial charge on any atom is -0.505 e. The van der Waals surface area contributed by atoms with Crippen molar-refractivity contribution in [2.45, 2.75) is 19.1 Å². The van der Waals surface area contributed by atoms with Crippen LogP contribution in [-0.4, -0.2) is 48.1 Å². The average Bonchev–Trinajstić information content (AvgIpc) is 2.50. The maximum atomic E-state index is 11.1. The lowest BCUT2D eigenvalue weighted by Gasteiger charge is -2.16. The van der Waals surface area contributed by atoms with Crippen molar-refractivity contribution in [2.24, 2.45) is 0 Å². The molecule has 0 aromatic rings. The van der Waals surface area contributed by atoms with Gasteiger partial charge in [0, 0.05) is 6.92 Å². The SMILES string of the molecule is COC1=C(O)C([C@@H](O)COC(C)=O)OC1=O. The van der Waals surface area contributed by atoms with E-state index in [0.717, 1.165) is 0 Å². The van der Waals surface area contributed by atoms with E-state index in [2.05, 4.69) is 14.2 Å². The van der Waals surface area contributed by atoms with Crippen LogP contribution in [0.4, 0.5) is 0 Å². The van der Waals surface area contributed by atoms with E-state index in [4.69, 9.17) is 0 Å². The molecule has 1 unspecified atom stereocenters. The Morgan fingerprint density at radius 1 is 1.62 bits per heavy atom. The van der Waals surface area contributed by atoms with E-state index in [0.29, 0.717) is 0 Å². The van der Waals surface area contributed by atoms with Gasteiger partial charge in [-0.25, -0.2) is 4.79 Å². The Kier molecular flexibility index (Phi) is 3.73. The molecule has 0 saturated carbocycles. The van der Waals surface area contributed by atoms with Crippen molar-refractivity contribution in [3.8, 4) is 0 Å². The molecule has 1 heterocycles. The molecule has 0 fully saturated rings. The van der Waals surface area contributed by atoms with Gasteiger partial charge in [0.1, 0.15) is 12.7 Å². The Labute approximate surface area is 91.2 Å². The Hall–Kier alpha value is -1.76. The summed E-state index contributed by atoms with van der Waals surface area (Å²) in [6.07, 6.45) is -2.60. The zero-order chi connectivity index (χ0) is 12.3. The molecule has 1 aliphatic rings. The standard InChI is InChI=1S/C9H12O7/c1-4(10)15-3-5(11)7-6(12)8(14-2)9(13)16-7/h5,7,11-12H,3H2,1-2H3/t5-,7?/m0/s1. The van der Waals surface area contributed by atoms with Gasteiger partial charge in [-0.3, -0.25) is 4.79 Å². The van der Waals surface area contributed by atoms with Crippen LogP contribution < -0.4 is 0 Å². The van der Waals surface area contributed by atoms with E-state index in [1.165, 1.54) is 14.0 Å². The summed E-state index contributed by atoms with van der Waals surface area (Å²) < 4.78 is 13.7. The molecule has 0 aliphatic carbocycles. The summed E-state index contributed by atoms with van der Waals surface area (Å²) in [6, 6.07) is 0. The molecule has 2 atom stereocenters. The van der Waals surface area contributed by atoms with E-state index >= 15 is 0 Å². The number of rotatable bonds is 4. The predicted molar refractivity (Wildman–Crippen MR) is 49.2 cm³/mol. The summed E-state index contributed by atoms with van der Waals surface area (Å²) in [5.41, 5.74) is 0. The zero-order valence-corrected chi connectivity index (χ0v) is 8.80. The molecule has 0 aromatic carbocycles. The van der Waals surface area contributed by atoms with Crippen LogP contribution in [0, 0.1) is 0 Å². The number of aliphatic hydroxyl groups is 2. The van der Waals surface area contributed by atoms with E-state index in [1.807, 2.05) is 0 Å². The molecule has 7 nitrogen and oxygen atoms in total. The third-order valence-electron chi connectivity index (χ3n) is 1.93. The van der Waals surface area contributed by atoms with Crippen molar-refractivity contribution >= 4 is 11.9 Å². The van der Waals surface area contributed by atoms with E-state index < -0.39 is 29.9 Å². The van der Waals surface area contributed by atoms with Crippen molar-refractivity contribution in [2.75, 3.05) is 13.7 Å². The quantitative estimate of drug-likeness (QED) is 0.615. The van der Waals surface area contributed by atoms with Gasteiger partial charge in [-0.1, -0.05) is 0 Å². The van der Waals surface area contributed by atoms with Crippen molar-refractivity contribution in [1.82, 2.24) is 0 Å². The number of cyclic esters (lactones) is 1. The van der Waals surface area contributed by atoms with Crippen LogP contribution in [0.25, 0.3) is 0 Å². The van der Waals surface area contributed by atoms with E-state index in [-0.39, 0.29) is 12.4 Å². The highest BCUT2D eigenvalue weighted by molar-refractivity contribution is 5.89. The van der Waals surface area contributed by atoms with Gasteiger partial charge >= 0.3 is 11.9 Å². The summed E-state index contributed by atoms with van der Waals surface area (Å²) in [5.74, 6) is -2.32. The topological polar surface area (TPSA) is 102 Å². The second-order valence-corrected chi connectivity index (χ2v) is 3.11. The lowest BCUT2D eigenvalue weighted by molar-refractivity contribution is -0.153. The molecule has 0 radical (unpaired) electrons. The first-order valence-corrected chi connectivity index (χ1v) is 4.47. The summed E-state index contributed by atoms with van der Waals surface area (Å²) in [4.78, 5) is 21.6. The monoisotopic (exact) mass is 232 g/mol. The second-order valence-electron chi connectivity index (χ2n) is 3.11. The summed E-state index contributed by atoms with van der Waals surface area (Å²) in [5, 5.41) is 19.0. The lowest BCUT2D eigenvalue weighted by atomic mass is 10.2. The van der Waals surface area contributed by atoms with Gasteiger partial charge in [-0.2, -0.15) is 0 Å².